The van der Waals surface area contributed by atoms with Crippen LogP contribution in [0, 0.1) is 0 Å². The molecule has 114 valence electrons. The molecule has 2 N–H and O–H groups in total. The third-order valence-corrected chi connectivity index (χ3v) is 3.64. The molecule has 0 aliphatic carbocycles. The van der Waals surface area contributed by atoms with Crippen molar-refractivity contribution in [3.05, 3.63) is 29.8 Å². The van der Waals surface area contributed by atoms with Gasteiger partial charge in [0, 0.05) is 0 Å². The molecule has 2 amide bonds. The van der Waals surface area contributed by atoms with Crippen LogP contribution in [0.5, 0.6) is 5.75 Å². The van der Waals surface area contributed by atoms with Gasteiger partial charge in [-0.25, -0.2) is 4.79 Å². The zero-order valence-electron chi connectivity index (χ0n) is 12.0. The summed E-state index contributed by atoms with van der Waals surface area (Å²) in [5.41, 5.74) is 1.24. The highest BCUT2D eigenvalue weighted by Crippen LogP contribution is 2.15. The molecule has 1 heterocycles. The molecule has 21 heavy (non-hydrogen) atoms. The minimum atomic E-state index is -0.626. The molecule has 0 spiro atoms. The van der Waals surface area contributed by atoms with Gasteiger partial charge in [0.25, 0.3) is 5.91 Å². The highest BCUT2D eigenvalue weighted by atomic mass is 16.6. The first kappa shape index (κ1) is 15.4. The maximum Gasteiger partial charge on any atom is 0.414 e. The first-order valence-electron chi connectivity index (χ1n) is 7.44. The number of carbonyl (C=O) groups is 2. The fraction of sp³-hybridized carbons (Fsp3) is 0.500. The van der Waals surface area contributed by atoms with Crippen LogP contribution < -0.4 is 5.32 Å². The Balaban J connectivity index is 1.49. The molecule has 0 saturated carbocycles. The summed E-state index contributed by atoms with van der Waals surface area (Å²) < 4.78 is 4.85. The van der Waals surface area contributed by atoms with Crippen LogP contribution in [0.2, 0.25) is 0 Å². The molecule has 1 saturated heterocycles. The summed E-state index contributed by atoms with van der Waals surface area (Å²) in [7, 11) is 0. The third-order valence-electron chi connectivity index (χ3n) is 3.64. The number of rotatable bonds is 8. The zero-order valence-corrected chi connectivity index (χ0v) is 12.0. The lowest BCUT2D eigenvalue weighted by atomic mass is 10.0. The maximum atomic E-state index is 11.3. The van der Waals surface area contributed by atoms with Gasteiger partial charge in [-0.2, -0.15) is 0 Å². The molecule has 5 nitrogen and oxygen atoms in total. The van der Waals surface area contributed by atoms with Crippen molar-refractivity contribution in [2.75, 3.05) is 0 Å². The first-order valence-corrected chi connectivity index (χ1v) is 7.44. The smallest absolute Gasteiger partial charge is 0.414 e. The van der Waals surface area contributed by atoms with Crippen LogP contribution in [-0.2, 0) is 16.0 Å². The monoisotopic (exact) mass is 291 g/mol. The molecule has 1 aliphatic rings. The number of amides is 2. The van der Waals surface area contributed by atoms with E-state index in [1.54, 1.807) is 12.1 Å². The Hall–Kier alpha value is -2.04. The van der Waals surface area contributed by atoms with Gasteiger partial charge in [-0.3, -0.25) is 10.1 Å². The number of nitrogens with one attached hydrogen (secondary N) is 1. The van der Waals surface area contributed by atoms with Gasteiger partial charge in [0.15, 0.2) is 6.10 Å². The highest BCUT2D eigenvalue weighted by molar-refractivity contribution is 5.99. The summed E-state index contributed by atoms with van der Waals surface area (Å²) in [6.45, 7) is 0. The molecule has 1 unspecified atom stereocenters. The van der Waals surface area contributed by atoms with E-state index in [0.717, 1.165) is 38.5 Å². The quantitative estimate of drug-likeness (QED) is 0.722. The SMILES string of the molecule is O=C1NC(=O)C(CCCCCCCc2ccc(O)cc2)O1. The Bertz CT molecular complexity index is 484. The van der Waals surface area contributed by atoms with Gasteiger partial charge in [-0.15, -0.1) is 0 Å². The Kier molecular flexibility index (Phi) is 5.60. The molecule has 5 heteroatoms. The normalized spacial score (nSPS) is 17.6. The number of hydrogen-bond acceptors (Lipinski definition) is 4. The second-order valence-corrected chi connectivity index (χ2v) is 5.36. The van der Waals surface area contributed by atoms with Crippen LogP contribution in [0.15, 0.2) is 24.3 Å². The Morgan fingerprint density at radius 2 is 1.67 bits per heavy atom. The van der Waals surface area contributed by atoms with Crippen molar-refractivity contribution in [1.82, 2.24) is 5.32 Å². The van der Waals surface area contributed by atoms with Crippen molar-refractivity contribution in [2.24, 2.45) is 0 Å². The van der Waals surface area contributed by atoms with E-state index in [1.807, 2.05) is 12.1 Å². The Morgan fingerprint density at radius 3 is 2.33 bits per heavy atom. The average molecular weight is 291 g/mol. The van der Waals surface area contributed by atoms with E-state index in [4.69, 9.17) is 4.74 Å². The van der Waals surface area contributed by atoms with Crippen LogP contribution in [0.1, 0.15) is 44.1 Å². The van der Waals surface area contributed by atoms with Gasteiger partial charge in [0.2, 0.25) is 0 Å². The van der Waals surface area contributed by atoms with E-state index >= 15 is 0 Å². The summed E-state index contributed by atoms with van der Waals surface area (Å²) in [4.78, 5) is 22.1. The fourth-order valence-corrected chi connectivity index (χ4v) is 2.44. The van der Waals surface area contributed by atoms with Crippen LogP contribution in [0.3, 0.4) is 0 Å². The van der Waals surface area contributed by atoms with Gasteiger partial charge >= 0.3 is 6.09 Å². The van der Waals surface area contributed by atoms with E-state index in [1.165, 1.54) is 5.56 Å². The molecule has 0 bridgehead atoms. The molecule has 1 aromatic carbocycles. The second-order valence-electron chi connectivity index (χ2n) is 5.36. The van der Waals surface area contributed by atoms with Crippen LogP contribution >= 0.6 is 0 Å². The minimum absolute atomic E-state index is 0.301. The van der Waals surface area contributed by atoms with Gasteiger partial charge in [-0.1, -0.05) is 31.4 Å². The van der Waals surface area contributed by atoms with Crippen LogP contribution in [-0.4, -0.2) is 23.2 Å². The lowest BCUT2D eigenvalue weighted by Gasteiger charge is -2.06. The lowest BCUT2D eigenvalue weighted by Crippen LogP contribution is -2.24. The van der Waals surface area contributed by atoms with Crippen LogP contribution in [0.25, 0.3) is 0 Å². The summed E-state index contributed by atoms with van der Waals surface area (Å²) in [6.07, 6.45) is 5.70. The fourth-order valence-electron chi connectivity index (χ4n) is 2.44. The van der Waals surface area contributed by atoms with Gasteiger partial charge < -0.3 is 9.84 Å². The van der Waals surface area contributed by atoms with Crippen molar-refractivity contribution >= 4 is 12.0 Å². The van der Waals surface area contributed by atoms with Gasteiger partial charge in [0.05, 0.1) is 0 Å². The number of aromatic hydroxyl groups is 1. The summed E-state index contributed by atoms with van der Waals surface area (Å²) in [6, 6.07) is 7.32. The largest absolute Gasteiger partial charge is 0.508 e. The topological polar surface area (TPSA) is 75.6 Å². The van der Waals surface area contributed by atoms with E-state index in [0.29, 0.717) is 12.2 Å². The number of imide groups is 1. The predicted molar refractivity (Wildman–Crippen MR) is 77.9 cm³/mol. The zero-order chi connectivity index (χ0) is 15.1. The van der Waals surface area contributed by atoms with Crippen molar-refractivity contribution in [2.45, 2.75) is 51.0 Å². The molecular weight excluding hydrogens is 270 g/mol. The third kappa shape index (κ3) is 5.10. The Morgan fingerprint density at radius 1 is 1.00 bits per heavy atom. The molecule has 1 aromatic rings. The van der Waals surface area contributed by atoms with E-state index < -0.39 is 12.2 Å². The number of cyclic esters (lactones) is 1. The standard InChI is InChI=1S/C16H21NO4/c18-13-10-8-12(9-11-13)6-4-2-1-3-5-7-14-15(19)17-16(20)21-14/h8-11,14,18H,1-7H2,(H,17,19,20). The maximum absolute atomic E-state index is 11.3. The second kappa shape index (κ2) is 7.67. The number of hydrogen-bond donors (Lipinski definition) is 2. The number of phenolic OH excluding ortho intramolecular Hbond substituents is 1. The summed E-state index contributed by atoms with van der Waals surface area (Å²) in [5, 5.41) is 11.3. The van der Waals surface area contributed by atoms with E-state index in [9.17, 15) is 14.7 Å². The number of phenols is 1. The molecule has 1 fully saturated rings. The number of carbonyl (C=O) groups excluding carboxylic acids is 2. The lowest BCUT2D eigenvalue weighted by molar-refractivity contribution is -0.123. The Labute approximate surface area is 124 Å². The molecule has 1 atom stereocenters. The van der Waals surface area contributed by atoms with Gasteiger partial charge in [0.1, 0.15) is 5.75 Å². The van der Waals surface area contributed by atoms with Crippen molar-refractivity contribution in [3.63, 3.8) is 0 Å². The first-order chi connectivity index (χ1) is 10.1. The molecule has 1 aliphatic heterocycles. The van der Waals surface area contributed by atoms with Crippen molar-refractivity contribution in [3.8, 4) is 5.75 Å². The number of aryl methyl sites for hydroxylation is 1. The average Bonchev–Trinajstić information content (AvgIpc) is 2.78. The minimum Gasteiger partial charge on any atom is -0.508 e. The van der Waals surface area contributed by atoms with E-state index in [-0.39, 0.29) is 5.91 Å². The molecule has 2 rings (SSSR count). The number of alkyl carbamates (subject to hydrolysis) is 1. The number of unbranched alkanes of at least 4 members (excludes halogenated alkanes) is 4. The number of ether oxygens (including phenoxy) is 1. The van der Waals surface area contributed by atoms with E-state index in [2.05, 4.69) is 5.32 Å². The predicted octanol–water partition coefficient (Wildman–Crippen LogP) is 2.91. The number of benzene rings is 1. The van der Waals surface area contributed by atoms with Crippen LogP contribution in [0.4, 0.5) is 4.79 Å². The molecule has 0 radical (unpaired) electrons. The van der Waals surface area contributed by atoms with Crippen molar-refractivity contribution < 1.29 is 19.4 Å². The van der Waals surface area contributed by atoms with Crippen molar-refractivity contribution in [1.29, 1.82) is 0 Å². The van der Waals surface area contributed by atoms with Gasteiger partial charge in [-0.05, 0) is 43.4 Å². The summed E-state index contributed by atoms with van der Waals surface area (Å²) in [5.74, 6) is -0.0114. The highest BCUT2D eigenvalue weighted by Gasteiger charge is 2.31. The molecule has 0 aromatic heterocycles. The molecular formula is C16H21NO4. The summed E-state index contributed by atoms with van der Waals surface area (Å²) >= 11 is 0.